The van der Waals surface area contributed by atoms with Crippen LogP contribution < -0.4 is 10.6 Å². The normalized spacial score (nSPS) is 11.1. The van der Waals surface area contributed by atoms with Gasteiger partial charge in [0, 0.05) is 6.54 Å². The van der Waals surface area contributed by atoms with Crippen LogP contribution in [0.15, 0.2) is 0 Å². The molecule has 0 aromatic heterocycles. The average molecular weight is 228 g/mol. The Morgan fingerprint density at radius 2 is 1.75 bits per heavy atom. The van der Waals surface area contributed by atoms with E-state index >= 15 is 0 Å². The minimum absolute atomic E-state index is 0.109. The van der Waals surface area contributed by atoms with Gasteiger partial charge in [0.15, 0.2) is 0 Å². The number of rotatable bonds is 9. The first kappa shape index (κ1) is 15.4. The third-order valence-electron chi connectivity index (χ3n) is 2.38. The van der Waals surface area contributed by atoms with Gasteiger partial charge in [-0.05, 0) is 24.8 Å². The number of amides is 1. The van der Waals surface area contributed by atoms with Crippen LogP contribution in [0.4, 0.5) is 0 Å². The van der Waals surface area contributed by atoms with Crippen molar-refractivity contribution in [2.24, 2.45) is 11.8 Å². The molecule has 0 aromatic rings. The van der Waals surface area contributed by atoms with Crippen LogP contribution in [0, 0.1) is 11.8 Å². The monoisotopic (exact) mass is 228 g/mol. The second-order valence-electron chi connectivity index (χ2n) is 5.26. The lowest BCUT2D eigenvalue weighted by molar-refractivity contribution is -0.120. The highest BCUT2D eigenvalue weighted by molar-refractivity contribution is 5.77. The lowest BCUT2D eigenvalue weighted by Gasteiger charge is -2.08. The van der Waals surface area contributed by atoms with Gasteiger partial charge in [-0.15, -0.1) is 0 Å². The van der Waals surface area contributed by atoms with Gasteiger partial charge in [0.2, 0.25) is 5.91 Å². The van der Waals surface area contributed by atoms with Gasteiger partial charge >= 0.3 is 0 Å². The Hall–Kier alpha value is -0.570. The highest BCUT2D eigenvalue weighted by atomic mass is 16.1. The maximum absolute atomic E-state index is 11.3. The molecule has 0 saturated heterocycles. The fourth-order valence-electron chi connectivity index (χ4n) is 1.38. The van der Waals surface area contributed by atoms with Gasteiger partial charge in [0.05, 0.1) is 6.54 Å². The summed E-state index contributed by atoms with van der Waals surface area (Å²) >= 11 is 0. The molecular weight excluding hydrogens is 200 g/mol. The van der Waals surface area contributed by atoms with E-state index in [0.717, 1.165) is 25.4 Å². The molecule has 0 aliphatic carbocycles. The average Bonchev–Trinajstić information content (AvgIpc) is 2.19. The van der Waals surface area contributed by atoms with Crippen LogP contribution in [0.5, 0.6) is 0 Å². The molecular formula is C13H28N2O. The number of unbranched alkanes of at least 4 members (excludes halogenated alkanes) is 1. The van der Waals surface area contributed by atoms with Crippen LogP contribution in [0.1, 0.15) is 47.0 Å². The van der Waals surface area contributed by atoms with Crippen molar-refractivity contribution in [3.05, 3.63) is 0 Å². The molecule has 3 heteroatoms. The number of nitrogens with one attached hydrogen (secondary N) is 2. The summed E-state index contributed by atoms with van der Waals surface area (Å²) in [5, 5.41) is 6.06. The molecule has 0 rings (SSSR count). The van der Waals surface area contributed by atoms with E-state index in [1.807, 2.05) is 0 Å². The molecule has 96 valence electrons. The Labute approximate surface area is 100 Å². The van der Waals surface area contributed by atoms with E-state index in [2.05, 4.69) is 38.3 Å². The van der Waals surface area contributed by atoms with E-state index in [1.54, 1.807) is 0 Å². The number of hydrogen-bond donors (Lipinski definition) is 2. The highest BCUT2D eigenvalue weighted by Crippen LogP contribution is 2.04. The maximum atomic E-state index is 11.3. The van der Waals surface area contributed by atoms with Crippen LogP contribution in [-0.4, -0.2) is 25.5 Å². The molecule has 0 bridgehead atoms. The smallest absolute Gasteiger partial charge is 0.233 e. The molecule has 0 aliphatic rings. The molecule has 0 spiro atoms. The molecule has 0 fully saturated rings. The third kappa shape index (κ3) is 11.5. The first-order chi connectivity index (χ1) is 7.52. The van der Waals surface area contributed by atoms with Crippen molar-refractivity contribution in [1.29, 1.82) is 0 Å². The van der Waals surface area contributed by atoms with Gasteiger partial charge < -0.3 is 10.6 Å². The zero-order valence-corrected chi connectivity index (χ0v) is 11.3. The minimum Gasteiger partial charge on any atom is -0.355 e. The molecule has 1 amide bonds. The summed E-state index contributed by atoms with van der Waals surface area (Å²) in [5.41, 5.74) is 0. The van der Waals surface area contributed by atoms with Gasteiger partial charge in [0.25, 0.3) is 0 Å². The Morgan fingerprint density at radius 1 is 1.06 bits per heavy atom. The summed E-state index contributed by atoms with van der Waals surface area (Å²) in [6.45, 7) is 10.9. The Bertz CT molecular complexity index is 179. The van der Waals surface area contributed by atoms with E-state index < -0.39 is 0 Å². The molecule has 2 N–H and O–H groups in total. The van der Waals surface area contributed by atoms with Crippen molar-refractivity contribution in [1.82, 2.24) is 10.6 Å². The van der Waals surface area contributed by atoms with E-state index in [-0.39, 0.29) is 5.91 Å². The van der Waals surface area contributed by atoms with Crippen LogP contribution in [-0.2, 0) is 4.79 Å². The summed E-state index contributed by atoms with van der Waals surface area (Å²) in [6.07, 6.45) is 3.69. The van der Waals surface area contributed by atoms with Crippen molar-refractivity contribution in [2.75, 3.05) is 19.6 Å². The molecule has 0 atom stereocenters. The first-order valence-electron chi connectivity index (χ1n) is 6.49. The maximum Gasteiger partial charge on any atom is 0.233 e. The largest absolute Gasteiger partial charge is 0.355 e. The van der Waals surface area contributed by atoms with Gasteiger partial charge in [0.1, 0.15) is 0 Å². The van der Waals surface area contributed by atoms with E-state index in [4.69, 9.17) is 0 Å². The van der Waals surface area contributed by atoms with Crippen molar-refractivity contribution >= 4 is 5.91 Å². The van der Waals surface area contributed by atoms with Crippen molar-refractivity contribution in [3.8, 4) is 0 Å². The second kappa shape index (κ2) is 9.64. The van der Waals surface area contributed by atoms with Crippen LogP contribution >= 0.6 is 0 Å². The second-order valence-corrected chi connectivity index (χ2v) is 5.26. The summed E-state index contributed by atoms with van der Waals surface area (Å²) in [5.74, 6) is 1.42. The lowest BCUT2D eigenvalue weighted by atomic mass is 10.1. The minimum atomic E-state index is 0.109. The predicted molar refractivity (Wildman–Crippen MR) is 69.4 cm³/mol. The van der Waals surface area contributed by atoms with Crippen molar-refractivity contribution in [3.63, 3.8) is 0 Å². The fourth-order valence-corrected chi connectivity index (χ4v) is 1.38. The Kier molecular flexibility index (Phi) is 9.30. The third-order valence-corrected chi connectivity index (χ3v) is 2.38. The zero-order chi connectivity index (χ0) is 12.4. The Balaban J connectivity index is 3.21. The van der Waals surface area contributed by atoms with Crippen LogP contribution in [0.2, 0.25) is 0 Å². The SMILES string of the molecule is CC(C)CCCCNCC(=O)NCC(C)C. The van der Waals surface area contributed by atoms with Crippen molar-refractivity contribution < 1.29 is 4.79 Å². The molecule has 0 radical (unpaired) electrons. The van der Waals surface area contributed by atoms with E-state index in [9.17, 15) is 4.79 Å². The number of carbonyl (C=O) groups excluding carboxylic acids is 1. The number of carbonyl (C=O) groups is 1. The van der Waals surface area contributed by atoms with E-state index in [1.165, 1.54) is 12.8 Å². The molecule has 16 heavy (non-hydrogen) atoms. The quantitative estimate of drug-likeness (QED) is 0.594. The summed E-state index contributed by atoms with van der Waals surface area (Å²) < 4.78 is 0. The summed E-state index contributed by atoms with van der Waals surface area (Å²) in [6, 6.07) is 0. The highest BCUT2D eigenvalue weighted by Gasteiger charge is 2.01. The summed E-state index contributed by atoms with van der Waals surface area (Å²) in [7, 11) is 0. The number of hydrogen-bond acceptors (Lipinski definition) is 2. The Morgan fingerprint density at radius 3 is 2.31 bits per heavy atom. The van der Waals surface area contributed by atoms with Crippen molar-refractivity contribution in [2.45, 2.75) is 47.0 Å². The van der Waals surface area contributed by atoms with Gasteiger partial charge in [-0.25, -0.2) is 0 Å². The van der Waals surface area contributed by atoms with Gasteiger partial charge in [-0.1, -0.05) is 40.5 Å². The molecule has 0 saturated carbocycles. The molecule has 0 aromatic carbocycles. The fraction of sp³-hybridized carbons (Fsp3) is 0.923. The van der Waals surface area contributed by atoms with Crippen LogP contribution in [0.25, 0.3) is 0 Å². The van der Waals surface area contributed by atoms with Gasteiger partial charge in [-0.3, -0.25) is 4.79 Å². The molecule has 0 aliphatic heterocycles. The standard InChI is InChI=1S/C13H28N2O/c1-11(2)7-5-6-8-14-10-13(16)15-9-12(3)4/h11-12,14H,5-10H2,1-4H3,(H,15,16). The summed E-state index contributed by atoms with van der Waals surface area (Å²) in [4.78, 5) is 11.3. The molecule has 0 heterocycles. The van der Waals surface area contributed by atoms with E-state index in [0.29, 0.717) is 12.5 Å². The van der Waals surface area contributed by atoms with Crippen LogP contribution in [0.3, 0.4) is 0 Å². The topological polar surface area (TPSA) is 41.1 Å². The molecule has 3 nitrogen and oxygen atoms in total. The first-order valence-corrected chi connectivity index (χ1v) is 6.49. The predicted octanol–water partition coefficient (Wildman–Crippen LogP) is 2.17. The molecule has 0 unspecified atom stereocenters. The lowest BCUT2D eigenvalue weighted by Crippen LogP contribution is -2.36. The van der Waals surface area contributed by atoms with Gasteiger partial charge in [-0.2, -0.15) is 0 Å². The zero-order valence-electron chi connectivity index (χ0n) is 11.3.